The molecule has 0 radical (unpaired) electrons. The number of hydrogen-bond donors (Lipinski definition) is 3. The summed E-state index contributed by atoms with van der Waals surface area (Å²) in [6, 6.07) is 11.7. The van der Waals surface area contributed by atoms with Gasteiger partial charge >= 0.3 is 0 Å². The molecule has 7 heteroatoms. The quantitative estimate of drug-likeness (QED) is 0.236. The van der Waals surface area contributed by atoms with Gasteiger partial charge in [-0.15, -0.1) is 11.3 Å². The van der Waals surface area contributed by atoms with Gasteiger partial charge in [-0.2, -0.15) is 0 Å². The van der Waals surface area contributed by atoms with Crippen molar-refractivity contribution in [3.63, 3.8) is 0 Å². The van der Waals surface area contributed by atoms with E-state index in [-0.39, 0.29) is 5.91 Å². The Kier molecular flexibility index (Phi) is 5.86. The second-order valence-electron chi connectivity index (χ2n) is 5.19. The molecule has 0 aliphatic rings. The van der Waals surface area contributed by atoms with Crippen molar-refractivity contribution in [2.24, 2.45) is 11.6 Å². The Morgan fingerprint density at radius 2 is 1.96 bits per heavy atom. The average molecular weight is 332 g/mol. The van der Waals surface area contributed by atoms with Gasteiger partial charge in [0.1, 0.15) is 6.17 Å². The second kappa shape index (κ2) is 7.87. The van der Waals surface area contributed by atoms with E-state index in [1.54, 1.807) is 11.3 Å². The molecule has 2 amide bonds. The van der Waals surface area contributed by atoms with Gasteiger partial charge in [0, 0.05) is 11.8 Å². The normalized spacial score (nSPS) is 11.8. The van der Waals surface area contributed by atoms with Crippen molar-refractivity contribution in [2.75, 3.05) is 5.32 Å². The summed E-state index contributed by atoms with van der Waals surface area (Å²) in [5, 5.41) is 4.58. The lowest BCUT2D eigenvalue weighted by Gasteiger charge is -2.19. The highest BCUT2D eigenvalue weighted by molar-refractivity contribution is 7.16. The van der Waals surface area contributed by atoms with Crippen molar-refractivity contribution in [2.45, 2.75) is 25.9 Å². The summed E-state index contributed by atoms with van der Waals surface area (Å²) < 4.78 is 0. The van der Waals surface area contributed by atoms with E-state index in [1.165, 1.54) is 17.4 Å². The number of rotatable bonds is 7. The molecule has 6 nitrogen and oxygen atoms in total. The first-order valence-corrected chi connectivity index (χ1v) is 8.00. The average Bonchev–Trinajstić information content (AvgIpc) is 2.98. The molecule has 1 aromatic heterocycles. The van der Waals surface area contributed by atoms with E-state index < -0.39 is 6.17 Å². The molecule has 2 rings (SSSR count). The smallest absolute Gasteiger partial charge is 0.225 e. The molecule has 0 fully saturated rings. The number of hydrogen-bond acceptors (Lipinski definition) is 5. The predicted octanol–water partition coefficient (Wildman–Crippen LogP) is 1.78. The standard InChI is InChI=1S/C16H20N4O2S/c1-11(22)19-15-9-8-14(23-15)7-4-12-2-5-13(6-3-12)16(17)20(18)10-21/h2-3,5-6,8-10,16H,4,7,17-18H2,1H3,(H,19,22). The van der Waals surface area contributed by atoms with E-state index in [9.17, 15) is 9.59 Å². The van der Waals surface area contributed by atoms with E-state index in [2.05, 4.69) is 5.32 Å². The Labute approximate surface area is 139 Å². The Morgan fingerprint density at radius 1 is 1.26 bits per heavy atom. The van der Waals surface area contributed by atoms with Gasteiger partial charge in [-0.1, -0.05) is 24.3 Å². The van der Waals surface area contributed by atoms with Gasteiger partial charge in [0.15, 0.2) is 0 Å². The van der Waals surface area contributed by atoms with Gasteiger partial charge in [0.05, 0.1) is 5.00 Å². The van der Waals surface area contributed by atoms with Crippen LogP contribution in [0.25, 0.3) is 0 Å². The van der Waals surface area contributed by atoms with E-state index in [1.807, 2.05) is 36.4 Å². The Balaban J connectivity index is 1.92. The topological polar surface area (TPSA) is 101 Å². The van der Waals surface area contributed by atoms with Crippen LogP contribution >= 0.6 is 11.3 Å². The third kappa shape index (κ3) is 4.88. The number of nitrogens with zero attached hydrogens (tertiary/aromatic N) is 1. The van der Waals surface area contributed by atoms with Crippen molar-refractivity contribution in [3.8, 4) is 0 Å². The summed E-state index contributed by atoms with van der Waals surface area (Å²) in [6.07, 6.45) is 1.64. The summed E-state index contributed by atoms with van der Waals surface area (Å²) in [6.45, 7) is 1.50. The Bertz CT molecular complexity index is 669. The van der Waals surface area contributed by atoms with Crippen LogP contribution in [-0.4, -0.2) is 17.3 Å². The summed E-state index contributed by atoms with van der Waals surface area (Å²) >= 11 is 1.58. The lowest BCUT2D eigenvalue weighted by Crippen LogP contribution is -2.38. The highest BCUT2D eigenvalue weighted by Crippen LogP contribution is 2.23. The number of anilines is 1. The second-order valence-corrected chi connectivity index (χ2v) is 6.35. The number of carbonyl (C=O) groups excluding carboxylic acids is 2. The zero-order valence-electron chi connectivity index (χ0n) is 12.9. The van der Waals surface area contributed by atoms with Gasteiger partial charge in [-0.25, -0.2) is 5.84 Å². The van der Waals surface area contributed by atoms with Crippen molar-refractivity contribution in [1.82, 2.24) is 5.01 Å². The fourth-order valence-corrected chi connectivity index (χ4v) is 3.09. The number of nitrogens with one attached hydrogen (secondary N) is 1. The van der Waals surface area contributed by atoms with Crippen LogP contribution < -0.4 is 16.9 Å². The van der Waals surface area contributed by atoms with Gasteiger partial charge < -0.3 is 11.1 Å². The first-order valence-electron chi connectivity index (χ1n) is 7.18. The zero-order valence-corrected chi connectivity index (χ0v) is 13.7. The van der Waals surface area contributed by atoms with Crippen LogP contribution in [-0.2, 0) is 22.4 Å². The third-order valence-corrected chi connectivity index (χ3v) is 4.45. The molecule has 0 aliphatic heterocycles. The minimum atomic E-state index is -0.640. The number of hydrazine groups is 1. The van der Waals surface area contributed by atoms with E-state index >= 15 is 0 Å². The number of nitrogens with two attached hydrogens (primary N) is 2. The van der Waals surface area contributed by atoms with E-state index in [4.69, 9.17) is 11.6 Å². The molecule has 1 atom stereocenters. The third-order valence-electron chi connectivity index (χ3n) is 3.39. The van der Waals surface area contributed by atoms with Crippen LogP contribution in [0.1, 0.15) is 29.1 Å². The molecule has 2 aromatic rings. The largest absolute Gasteiger partial charge is 0.318 e. The van der Waals surface area contributed by atoms with Crippen molar-refractivity contribution >= 4 is 28.7 Å². The molecule has 0 saturated carbocycles. The minimum absolute atomic E-state index is 0.0606. The van der Waals surface area contributed by atoms with Gasteiger partial charge in [0.25, 0.3) is 0 Å². The molecule has 0 saturated heterocycles. The number of benzene rings is 1. The van der Waals surface area contributed by atoms with E-state index in [0.29, 0.717) is 6.41 Å². The maximum absolute atomic E-state index is 11.0. The summed E-state index contributed by atoms with van der Waals surface area (Å²) in [5.41, 5.74) is 7.80. The Morgan fingerprint density at radius 3 is 2.57 bits per heavy atom. The molecule has 0 aliphatic carbocycles. The van der Waals surface area contributed by atoms with Crippen molar-refractivity contribution < 1.29 is 9.59 Å². The molecule has 122 valence electrons. The molecular weight excluding hydrogens is 312 g/mol. The van der Waals surface area contributed by atoms with Crippen LogP contribution in [0, 0.1) is 0 Å². The SMILES string of the molecule is CC(=O)Nc1ccc(CCc2ccc(C(N)N(N)C=O)cc2)s1. The molecular formula is C16H20N4O2S. The van der Waals surface area contributed by atoms with Gasteiger partial charge in [-0.3, -0.25) is 14.6 Å². The molecule has 0 spiro atoms. The van der Waals surface area contributed by atoms with Crippen LogP contribution in [0.2, 0.25) is 0 Å². The number of amides is 2. The summed E-state index contributed by atoms with van der Waals surface area (Å²) in [7, 11) is 0. The molecule has 23 heavy (non-hydrogen) atoms. The zero-order chi connectivity index (χ0) is 16.8. The van der Waals surface area contributed by atoms with Crippen molar-refractivity contribution in [3.05, 3.63) is 52.4 Å². The molecule has 5 N–H and O–H groups in total. The lowest BCUT2D eigenvalue weighted by molar-refractivity contribution is -0.120. The fourth-order valence-electron chi connectivity index (χ4n) is 2.14. The highest BCUT2D eigenvalue weighted by Gasteiger charge is 2.10. The molecule has 1 aromatic carbocycles. The van der Waals surface area contributed by atoms with Crippen LogP contribution in [0.4, 0.5) is 5.00 Å². The van der Waals surface area contributed by atoms with Crippen LogP contribution in [0.15, 0.2) is 36.4 Å². The summed E-state index contributed by atoms with van der Waals surface area (Å²) in [5.74, 6) is 5.41. The Hall–Kier alpha value is -2.22. The predicted molar refractivity (Wildman–Crippen MR) is 91.5 cm³/mol. The molecule has 1 heterocycles. The summed E-state index contributed by atoms with van der Waals surface area (Å²) in [4.78, 5) is 22.8. The maximum Gasteiger partial charge on any atom is 0.225 e. The fraction of sp³-hybridized carbons (Fsp3) is 0.250. The minimum Gasteiger partial charge on any atom is -0.318 e. The highest BCUT2D eigenvalue weighted by atomic mass is 32.1. The van der Waals surface area contributed by atoms with Crippen LogP contribution in [0.3, 0.4) is 0 Å². The first-order chi connectivity index (χ1) is 11.0. The lowest BCUT2D eigenvalue weighted by atomic mass is 10.1. The number of carbonyl (C=O) groups is 2. The number of thiophene rings is 1. The molecule has 0 bridgehead atoms. The maximum atomic E-state index is 11.0. The van der Waals surface area contributed by atoms with Crippen LogP contribution in [0.5, 0.6) is 0 Å². The van der Waals surface area contributed by atoms with Gasteiger partial charge in [-0.05, 0) is 36.1 Å². The number of aryl methyl sites for hydroxylation is 2. The molecule has 1 unspecified atom stereocenters. The van der Waals surface area contributed by atoms with Crippen molar-refractivity contribution in [1.29, 1.82) is 0 Å². The monoisotopic (exact) mass is 332 g/mol. The van der Waals surface area contributed by atoms with Gasteiger partial charge in [0.2, 0.25) is 12.3 Å². The first kappa shape index (κ1) is 17.1. The van der Waals surface area contributed by atoms with E-state index in [0.717, 1.165) is 28.4 Å².